The topological polar surface area (TPSA) is 62.4 Å². The third kappa shape index (κ3) is 3.68. The monoisotopic (exact) mass is 251 g/mol. The molecule has 18 heavy (non-hydrogen) atoms. The van der Waals surface area contributed by atoms with Gasteiger partial charge in [0.25, 0.3) is 0 Å². The van der Waals surface area contributed by atoms with Gasteiger partial charge in [0.05, 0.1) is 24.2 Å². The zero-order valence-electron chi connectivity index (χ0n) is 11.6. The highest BCUT2D eigenvalue weighted by atomic mass is 16.3. The third-order valence-electron chi connectivity index (χ3n) is 3.29. The summed E-state index contributed by atoms with van der Waals surface area (Å²) in [6, 6.07) is 4.41. The van der Waals surface area contributed by atoms with Crippen LogP contribution in [0.1, 0.15) is 45.3 Å². The minimum absolute atomic E-state index is 0.0431. The van der Waals surface area contributed by atoms with Crippen LogP contribution in [0.15, 0.2) is 18.3 Å². The zero-order valence-corrected chi connectivity index (χ0v) is 11.6. The minimum Gasteiger partial charge on any atom is -0.395 e. The molecule has 0 fully saturated rings. The Morgan fingerprint density at radius 2 is 2.00 bits per heavy atom. The maximum atomic E-state index is 9.20. The van der Waals surface area contributed by atoms with Crippen LogP contribution in [0.4, 0.5) is 5.69 Å². The molecule has 0 aliphatic rings. The standard InChI is InChI=1S/C14H25N3O/c1-4-12(5-2)17(8-9-18)13-6-7-14(11(3)15)16-10-13/h6-7,10-12,18H,4-5,8-9,15H2,1-3H3/t11-/m1/s1. The van der Waals surface area contributed by atoms with E-state index in [0.29, 0.717) is 12.6 Å². The first kappa shape index (κ1) is 14.9. The Balaban J connectivity index is 2.91. The van der Waals surface area contributed by atoms with Gasteiger partial charge in [0.2, 0.25) is 0 Å². The van der Waals surface area contributed by atoms with Crippen LogP contribution in [0.25, 0.3) is 0 Å². The lowest BCUT2D eigenvalue weighted by atomic mass is 10.1. The Bertz CT molecular complexity index is 333. The molecule has 4 nitrogen and oxygen atoms in total. The quantitative estimate of drug-likeness (QED) is 0.779. The van der Waals surface area contributed by atoms with Crippen LogP contribution in [0.2, 0.25) is 0 Å². The van der Waals surface area contributed by atoms with Crippen molar-refractivity contribution in [3.63, 3.8) is 0 Å². The van der Waals surface area contributed by atoms with E-state index in [1.54, 1.807) is 0 Å². The summed E-state index contributed by atoms with van der Waals surface area (Å²) in [5.74, 6) is 0. The molecule has 4 heteroatoms. The molecule has 0 saturated carbocycles. The highest BCUT2D eigenvalue weighted by Gasteiger charge is 2.15. The summed E-state index contributed by atoms with van der Waals surface area (Å²) in [6.07, 6.45) is 3.98. The summed E-state index contributed by atoms with van der Waals surface area (Å²) in [5, 5.41) is 9.20. The van der Waals surface area contributed by atoms with Crippen LogP contribution in [-0.2, 0) is 0 Å². The fourth-order valence-electron chi connectivity index (χ4n) is 2.20. The number of pyridine rings is 1. The van der Waals surface area contributed by atoms with E-state index in [9.17, 15) is 5.11 Å². The summed E-state index contributed by atoms with van der Waals surface area (Å²) in [5.41, 5.74) is 7.75. The predicted octanol–water partition coefficient (Wildman–Crippen LogP) is 2.09. The SMILES string of the molecule is CCC(CC)N(CCO)c1ccc([C@@H](C)N)nc1. The molecule has 3 N–H and O–H groups in total. The number of aromatic nitrogens is 1. The second kappa shape index (κ2) is 7.34. The van der Waals surface area contributed by atoms with Gasteiger partial charge in [-0.15, -0.1) is 0 Å². The average Bonchev–Trinajstić information content (AvgIpc) is 2.39. The molecule has 0 radical (unpaired) electrons. The van der Waals surface area contributed by atoms with Gasteiger partial charge in [-0.25, -0.2) is 0 Å². The molecule has 0 saturated heterocycles. The summed E-state index contributed by atoms with van der Waals surface area (Å²) in [7, 11) is 0. The summed E-state index contributed by atoms with van der Waals surface area (Å²) in [6.45, 7) is 7.07. The molecule has 1 heterocycles. The highest BCUT2D eigenvalue weighted by molar-refractivity contribution is 5.46. The van der Waals surface area contributed by atoms with Gasteiger partial charge in [-0.2, -0.15) is 0 Å². The molecule has 0 aliphatic heterocycles. The first-order chi connectivity index (χ1) is 8.63. The third-order valence-corrected chi connectivity index (χ3v) is 3.29. The minimum atomic E-state index is -0.0431. The smallest absolute Gasteiger partial charge is 0.0606 e. The van der Waals surface area contributed by atoms with E-state index in [1.165, 1.54) is 0 Å². The summed E-state index contributed by atoms with van der Waals surface area (Å²) < 4.78 is 0. The van der Waals surface area contributed by atoms with Gasteiger partial charge >= 0.3 is 0 Å². The Kier molecular flexibility index (Phi) is 6.09. The van der Waals surface area contributed by atoms with Crippen molar-refractivity contribution in [2.24, 2.45) is 5.73 Å². The Morgan fingerprint density at radius 3 is 2.39 bits per heavy atom. The number of hydrogen-bond donors (Lipinski definition) is 2. The van der Waals surface area contributed by atoms with Gasteiger partial charge in [0, 0.05) is 18.6 Å². The van der Waals surface area contributed by atoms with E-state index >= 15 is 0 Å². The fraction of sp³-hybridized carbons (Fsp3) is 0.643. The molecule has 0 amide bonds. The van der Waals surface area contributed by atoms with Crippen LogP contribution < -0.4 is 10.6 Å². The molecule has 0 aliphatic carbocycles. The largest absolute Gasteiger partial charge is 0.395 e. The maximum absolute atomic E-state index is 9.20. The molecule has 0 spiro atoms. The van der Waals surface area contributed by atoms with Gasteiger partial charge < -0.3 is 15.7 Å². The lowest BCUT2D eigenvalue weighted by Gasteiger charge is -2.32. The van der Waals surface area contributed by atoms with Gasteiger partial charge in [0.15, 0.2) is 0 Å². The number of nitrogens with zero attached hydrogens (tertiary/aromatic N) is 2. The molecule has 1 atom stereocenters. The van der Waals surface area contributed by atoms with Crippen molar-refractivity contribution < 1.29 is 5.11 Å². The predicted molar refractivity (Wildman–Crippen MR) is 75.6 cm³/mol. The van der Waals surface area contributed by atoms with Gasteiger partial charge in [0.1, 0.15) is 0 Å². The summed E-state index contributed by atoms with van der Waals surface area (Å²) in [4.78, 5) is 6.60. The average molecular weight is 251 g/mol. The van der Waals surface area contributed by atoms with Crippen molar-refractivity contribution in [2.75, 3.05) is 18.1 Å². The number of nitrogens with two attached hydrogens (primary N) is 1. The van der Waals surface area contributed by atoms with Crippen LogP contribution in [0.5, 0.6) is 0 Å². The van der Waals surface area contributed by atoms with E-state index in [-0.39, 0.29) is 12.6 Å². The molecule has 1 aromatic rings. The Hall–Kier alpha value is -1.13. The van der Waals surface area contributed by atoms with Crippen molar-refractivity contribution >= 4 is 5.69 Å². The zero-order chi connectivity index (χ0) is 13.5. The van der Waals surface area contributed by atoms with E-state index in [4.69, 9.17) is 5.73 Å². The van der Waals surface area contributed by atoms with Gasteiger partial charge in [-0.1, -0.05) is 13.8 Å². The lowest BCUT2D eigenvalue weighted by Crippen LogP contribution is -2.36. The number of rotatable bonds is 7. The number of aliphatic hydroxyl groups excluding tert-OH is 1. The van der Waals surface area contributed by atoms with Crippen LogP contribution in [0, 0.1) is 0 Å². The van der Waals surface area contributed by atoms with E-state index in [2.05, 4.69) is 23.7 Å². The van der Waals surface area contributed by atoms with Crippen molar-refractivity contribution in [1.29, 1.82) is 0 Å². The summed E-state index contributed by atoms with van der Waals surface area (Å²) >= 11 is 0. The number of anilines is 1. The Labute approximate surface area is 110 Å². The molecule has 1 aromatic heterocycles. The first-order valence-electron chi connectivity index (χ1n) is 6.73. The van der Waals surface area contributed by atoms with E-state index in [1.807, 2.05) is 25.3 Å². The van der Waals surface area contributed by atoms with Gasteiger partial charge in [-0.05, 0) is 31.9 Å². The van der Waals surface area contributed by atoms with E-state index < -0.39 is 0 Å². The van der Waals surface area contributed by atoms with Crippen molar-refractivity contribution in [2.45, 2.75) is 45.7 Å². The van der Waals surface area contributed by atoms with Crippen molar-refractivity contribution in [1.82, 2.24) is 4.98 Å². The van der Waals surface area contributed by atoms with Crippen LogP contribution in [-0.4, -0.2) is 29.3 Å². The van der Waals surface area contributed by atoms with Gasteiger partial charge in [-0.3, -0.25) is 4.98 Å². The normalized spacial score (nSPS) is 12.8. The lowest BCUT2D eigenvalue weighted by molar-refractivity contribution is 0.296. The van der Waals surface area contributed by atoms with Crippen LogP contribution in [0.3, 0.4) is 0 Å². The number of hydrogen-bond acceptors (Lipinski definition) is 4. The molecular weight excluding hydrogens is 226 g/mol. The molecule has 0 bridgehead atoms. The fourth-order valence-corrected chi connectivity index (χ4v) is 2.20. The first-order valence-corrected chi connectivity index (χ1v) is 6.73. The molecule has 102 valence electrons. The molecule has 0 aromatic carbocycles. The van der Waals surface area contributed by atoms with Crippen molar-refractivity contribution in [3.8, 4) is 0 Å². The maximum Gasteiger partial charge on any atom is 0.0606 e. The molecule has 1 rings (SSSR count). The molecular formula is C14H25N3O. The van der Waals surface area contributed by atoms with Crippen molar-refractivity contribution in [3.05, 3.63) is 24.0 Å². The van der Waals surface area contributed by atoms with Crippen LogP contribution >= 0.6 is 0 Å². The Morgan fingerprint density at radius 1 is 1.33 bits per heavy atom. The second-order valence-corrected chi connectivity index (χ2v) is 4.62. The second-order valence-electron chi connectivity index (χ2n) is 4.62. The molecule has 0 unspecified atom stereocenters. The van der Waals surface area contributed by atoms with E-state index in [0.717, 1.165) is 24.2 Å². The number of aliphatic hydroxyl groups is 1. The highest BCUT2D eigenvalue weighted by Crippen LogP contribution is 2.20.